The number of amidine groups is 1. The molecule has 6 nitrogen and oxygen atoms in total. The summed E-state index contributed by atoms with van der Waals surface area (Å²) in [5.41, 5.74) is 1.22. The molecule has 0 aliphatic heterocycles. The molecule has 0 spiro atoms. The van der Waals surface area contributed by atoms with Crippen molar-refractivity contribution in [2.24, 2.45) is 0 Å². The minimum Gasteiger partial charge on any atom is -0.480 e. The predicted octanol–water partition coefficient (Wildman–Crippen LogP) is 1.03. The number of carboxylic acids is 1. The van der Waals surface area contributed by atoms with E-state index in [1.807, 2.05) is 0 Å². The van der Waals surface area contributed by atoms with Crippen LogP contribution >= 0.6 is 0 Å². The van der Waals surface area contributed by atoms with Crippen molar-refractivity contribution in [2.75, 3.05) is 11.9 Å². The van der Waals surface area contributed by atoms with Crippen molar-refractivity contribution in [1.82, 2.24) is 5.32 Å². The normalized spacial score (nSPS) is 9.61. The highest BCUT2D eigenvalue weighted by Crippen LogP contribution is 2.09. The number of hydrogen-bond donors (Lipinski definition) is 4. The SMILES string of the molecule is CCC(=O)NC(=N)c1ccc(NCC(=O)O)cc1. The smallest absolute Gasteiger partial charge is 0.322 e. The maximum Gasteiger partial charge on any atom is 0.322 e. The number of amides is 1. The summed E-state index contributed by atoms with van der Waals surface area (Å²) >= 11 is 0. The second-order valence-corrected chi connectivity index (χ2v) is 3.60. The Morgan fingerprint density at radius 2 is 1.89 bits per heavy atom. The second kappa shape index (κ2) is 6.39. The summed E-state index contributed by atoms with van der Waals surface area (Å²) in [6.45, 7) is 1.55. The van der Waals surface area contributed by atoms with Crippen molar-refractivity contribution in [3.8, 4) is 0 Å². The number of hydrogen-bond acceptors (Lipinski definition) is 4. The fourth-order valence-corrected chi connectivity index (χ4v) is 1.23. The molecule has 1 aromatic rings. The Kier molecular flexibility index (Phi) is 4.86. The van der Waals surface area contributed by atoms with Crippen LogP contribution in [-0.4, -0.2) is 29.4 Å². The molecule has 0 unspecified atom stereocenters. The molecule has 1 rings (SSSR count). The lowest BCUT2D eigenvalue weighted by Gasteiger charge is -2.07. The zero-order valence-corrected chi connectivity index (χ0v) is 9.99. The van der Waals surface area contributed by atoms with Crippen LogP contribution in [0.2, 0.25) is 0 Å². The van der Waals surface area contributed by atoms with Crippen LogP contribution in [0.25, 0.3) is 0 Å². The first-order chi connectivity index (χ1) is 8.52. The van der Waals surface area contributed by atoms with Gasteiger partial charge in [-0.3, -0.25) is 15.0 Å². The van der Waals surface area contributed by atoms with Crippen LogP contribution < -0.4 is 10.6 Å². The molecular formula is C12H15N3O3. The monoisotopic (exact) mass is 249 g/mol. The summed E-state index contributed by atoms with van der Waals surface area (Å²) in [4.78, 5) is 21.5. The molecule has 0 heterocycles. The molecule has 96 valence electrons. The Morgan fingerprint density at radius 1 is 1.28 bits per heavy atom. The molecule has 0 fully saturated rings. The van der Waals surface area contributed by atoms with Crippen LogP contribution in [0.4, 0.5) is 5.69 Å². The summed E-state index contributed by atoms with van der Waals surface area (Å²) in [7, 11) is 0. The van der Waals surface area contributed by atoms with Crippen molar-refractivity contribution in [2.45, 2.75) is 13.3 Å². The van der Waals surface area contributed by atoms with Gasteiger partial charge in [-0.15, -0.1) is 0 Å². The first-order valence-corrected chi connectivity index (χ1v) is 5.47. The third-order valence-corrected chi connectivity index (χ3v) is 2.20. The fourth-order valence-electron chi connectivity index (χ4n) is 1.23. The highest BCUT2D eigenvalue weighted by molar-refractivity contribution is 6.06. The molecule has 6 heteroatoms. The first-order valence-electron chi connectivity index (χ1n) is 5.47. The Morgan fingerprint density at radius 3 is 2.39 bits per heavy atom. The molecule has 18 heavy (non-hydrogen) atoms. The number of carbonyl (C=O) groups is 2. The first kappa shape index (κ1) is 13.7. The van der Waals surface area contributed by atoms with E-state index in [0.717, 1.165) is 0 Å². The highest BCUT2D eigenvalue weighted by Gasteiger charge is 2.05. The van der Waals surface area contributed by atoms with E-state index in [9.17, 15) is 9.59 Å². The van der Waals surface area contributed by atoms with Gasteiger partial charge >= 0.3 is 5.97 Å². The van der Waals surface area contributed by atoms with Gasteiger partial charge in [-0.2, -0.15) is 0 Å². The van der Waals surface area contributed by atoms with Crippen molar-refractivity contribution >= 4 is 23.4 Å². The van der Waals surface area contributed by atoms with Gasteiger partial charge in [0.2, 0.25) is 5.91 Å². The number of anilines is 1. The third-order valence-electron chi connectivity index (χ3n) is 2.20. The molecule has 0 aliphatic rings. The summed E-state index contributed by atoms with van der Waals surface area (Å²) in [5, 5.41) is 21.3. The fraction of sp³-hybridized carbons (Fsp3) is 0.250. The number of aliphatic carboxylic acids is 1. The van der Waals surface area contributed by atoms with E-state index in [4.69, 9.17) is 10.5 Å². The van der Waals surface area contributed by atoms with Gasteiger partial charge in [-0.1, -0.05) is 6.92 Å². The highest BCUT2D eigenvalue weighted by atomic mass is 16.4. The van der Waals surface area contributed by atoms with Gasteiger partial charge in [0.25, 0.3) is 0 Å². The van der Waals surface area contributed by atoms with Gasteiger partial charge in [-0.25, -0.2) is 0 Å². The topological polar surface area (TPSA) is 102 Å². The Labute approximate surface area is 105 Å². The van der Waals surface area contributed by atoms with Crippen molar-refractivity contribution in [1.29, 1.82) is 5.41 Å². The molecule has 0 radical (unpaired) electrons. The molecule has 0 aromatic heterocycles. The number of benzene rings is 1. The van der Waals surface area contributed by atoms with E-state index in [1.165, 1.54) is 0 Å². The van der Waals surface area contributed by atoms with E-state index in [2.05, 4.69) is 10.6 Å². The maximum absolute atomic E-state index is 11.1. The number of nitrogens with one attached hydrogen (secondary N) is 3. The summed E-state index contributed by atoms with van der Waals surface area (Å²) in [6, 6.07) is 6.60. The maximum atomic E-state index is 11.1. The molecule has 0 bridgehead atoms. The molecule has 0 saturated carbocycles. The molecular weight excluding hydrogens is 234 g/mol. The average molecular weight is 249 g/mol. The summed E-state index contributed by atoms with van der Waals surface area (Å²) in [5.74, 6) is -1.12. The van der Waals surface area contributed by atoms with Crippen molar-refractivity contribution in [3.05, 3.63) is 29.8 Å². The van der Waals surface area contributed by atoms with E-state index in [0.29, 0.717) is 17.7 Å². The van der Waals surface area contributed by atoms with Gasteiger partial charge in [-0.05, 0) is 24.3 Å². The lowest BCUT2D eigenvalue weighted by Crippen LogP contribution is -2.29. The molecule has 0 saturated heterocycles. The molecule has 0 atom stereocenters. The standard InChI is InChI=1S/C12H15N3O3/c1-2-10(16)15-12(13)8-3-5-9(6-4-8)14-7-11(17)18/h3-6,14H,2,7H2,1H3,(H,17,18)(H2,13,15,16). The van der Waals surface area contributed by atoms with E-state index >= 15 is 0 Å². The quantitative estimate of drug-likeness (QED) is 0.462. The van der Waals surface area contributed by atoms with Crippen LogP contribution in [0.3, 0.4) is 0 Å². The Balaban J connectivity index is 2.62. The minimum absolute atomic E-state index is 0.0339. The second-order valence-electron chi connectivity index (χ2n) is 3.60. The average Bonchev–Trinajstić information content (AvgIpc) is 2.36. The Hall–Kier alpha value is -2.37. The van der Waals surface area contributed by atoms with Crippen LogP contribution in [0.5, 0.6) is 0 Å². The zero-order valence-electron chi connectivity index (χ0n) is 9.99. The summed E-state index contributed by atoms with van der Waals surface area (Å²) < 4.78 is 0. The van der Waals surface area contributed by atoms with Gasteiger partial charge in [0, 0.05) is 17.7 Å². The third kappa shape index (κ3) is 4.25. The van der Waals surface area contributed by atoms with E-state index in [-0.39, 0.29) is 18.3 Å². The predicted molar refractivity (Wildman–Crippen MR) is 67.8 cm³/mol. The molecule has 1 aromatic carbocycles. The lowest BCUT2D eigenvalue weighted by molar-refractivity contribution is -0.135. The van der Waals surface area contributed by atoms with Crippen LogP contribution in [0, 0.1) is 5.41 Å². The number of carboxylic acid groups (broad SMARTS) is 1. The number of carbonyl (C=O) groups excluding carboxylic acids is 1. The van der Waals surface area contributed by atoms with Crippen molar-refractivity contribution < 1.29 is 14.7 Å². The summed E-state index contributed by atoms with van der Waals surface area (Å²) in [6.07, 6.45) is 0.320. The van der Waals surface area contributed by atoms with Gasteiger partial charge in [0.15, 0.2) is 0 Å². The number of rotatable bonds is 5. The van der Waals surface area contributed by atoms with Gasteiger partial charge in [0.1, 0.15) is 12.4 Å². The van der Waals surface area contributed by atoms with Crippen LogP contribution in [0.15, 0.2) is 24.3 Å². The van der Waals surface area contributed by atoms with Crippen molar-refractivity contribution in [3.63, 3.8) is 0 Å². The molecule has 4 N–H and O–H groups in total. The van der Waals surface area contributed by atoms with E-state index in [1.54, 1.807) is 31.2 Å². The largest absolute Gasteiger partial charge is 0.480 e. The van der Waals surface area contributed by atoms with Crippen LogP contribution in [0.1, 0.15) is 18.9 Å². The molecule has 0 aliphatic carbocycles. The van der Waals surface area contributed by atoms with Crippen LogP contribution in [-0.2, 0) is 9.59 Å². The minimum atomic E-state index is -0.943. The van der Waals surface area contributed by atoms with E-state index < -0.39 is 5.97 Å². The molecule has 1 amide bonds. The zero-order chi connectivity index (χ0) is 13.5. The van der Waals surface area contributed by atoms with Gasteiger partial charge < -0.3 is 15.7 Å². The Bertz CT molecular complexity index is 454. The lowest BCUT2D eigenvalue weighted by atomic mass is 10.2. The van der Waals surface area contributed by atoms with Gasteiger partial charge in [0.05, 0.1) is 0 Å².